The molecule has 0 aromatic heterocycles. The Labute approximate surface area is 136 Å². The molecule has 1 N–H and O–H groups in total. The van der Waals surface area contributed by atoms with Crippen LogP contribution in [0.2, 0.25) is 5.02 Å². The van der Waals surface area contributed by atoms with Crippen LogP contribution in [0.4, 0.5) is 0 Å². The fourth-order valence-electron chi connectivity index (χ4n) is 3.42. The minimum absolute atomic E-state index is 0.205. The van der Waals surface area contributed by atoms with Crippen molar-refractivity contribution >= 4 is 17.5 Å². The molecule has 22 heavy (non-hydrogen) atoms. The van der Waals surface area contributed by atoms with E-state index in [-0.39, 0.29) is 11.8 Å². The maximum Gasteiger partial charge on any atom is 0.249 e. The summed E-state index contributed by atoms with van der Waals surface area (Å²) < 4.78 is 0. The number of aliphatic hydroxyl groups excluding tert-OH is 1. The number of benzene rings is 1. The van der Waals surface area contributed by atoms with Gasteiger partial charge in [-0.3, -0.25) is 4.79 Å². The Balaban J connectivity index is 1.57. The van der Waals surface area contributed by atoms with E-state index in [0.717, 1.165) is 56.3 Å². The van der Waals surface area contributed by atoms with Gasteiger partial charge in [-0.1, -0.05) is 29.8 Å². The van der Waals surface area contributed by atoms with Gasteiger partial charge in [0.2, 0.25) is 5.91 Å². The van der Waals surface area contributed by atoms with Crippen LogP contribution in [0.5, 0.6) is 0 Å². The Hall–Kier alpha value is -1.32. The average Bonchev–Trinajstić information content (AvgIpc) is 3.09. The van der Waals surface area contributed by atoms with Crippen LogP contribution in [0.25, 0.3) is 0 Å². The van der Waals surface area contributed by atoms with Crippen LogP contribution in [-0.4, -0.2) is 29.0 Å². The molecule has 4 heteroatoms. The van der Waals surface area contributed by atoms with Crippen LogP contribution in [0.3, 0.4) is 0 Å². The molecular formula is C18H22ClNO2. The average molecular weight is 320 g/mol. The number of likely N-dealkylation sites (tertiary alicyclic amines) is 1. The van der Waals surface area contributed by atoms with Crippen molar-refractivity contribution in [2.75, 3.05) is 13.1 Å². The monoisotopic (exact) mass is 319 g/mol. The number of allylic oxidation sites excluding steroid dienone is 1. The molecular weight excluding hydrogens is 298 g/mol. The molecule has 1 aromatic rings. The van der Waals surface area contributed by atoms with Crippen molar-refractivity contribution in [2.24, 2.45) is 5.92 Å². The lowest BCUT2D eigenvalue weighted by Gasteiger charge is -2.34. The number of nitrogens with zero attached hydrogens (tertiary/aromatic N) is 1. The maximum absolute atomic E-state index is 12.4. The summed E-state index contributed by atoms with van der Waals surface area (Å²) >= 11 is 5.89. The van der Waals surface area contributed by atoms with Gasteiger partial charge in [-0.15, -0.1) is 0 Å². The second-order valence-corrected chi connectivity index (χ2v) is 6.68. The van der Waals surface area contributed by atoms with Gasteiger partial charge >= 0.3 is 0 Å². The van der Waals surface area contributed by atoms with E-state index >= 15 is 0 Å². The third-order valence-electron chi connectivity index (χ3n) is 4.80. The molecule has 3 rings (SSSR count). The molecule has 1 fully saturated rings. The Kier molecular flexibility index (Phi) is 4.84. The molecule has 1 unspecified atom stereocenters. The maximum atomic E-state index is 12.4. The van der Waals surface area contributed by atoms with Crippen LogP contribution >= 0.6 is 11.6 Å². The first-order valence-electron chi connectivity index (χ1n) is 8.07. The highest BCUT2D eigenvalue weighted by atomic mass is 35.5. The zero-order valence-corrected chi connectivity index (χ0v) is 13.4. The lowest BCUT2D eigenvalue weighted by Crippen LogP contribution is -2.40. The van der Waals surface area contributed by atoms with E-state index in [1.54, 1.807) is 0 Å². The number of hydrogen-bond acceptors (Lipinski definition) is 2. The van der Waals surface area contributed by atoms with Crippen molar-refractivity contribution in [3.05, 3.63) is 46.5 Å². The lowest BCUT2D eigenvalue weighted by atomic mass is 9.87. The van der Waals surface area contributed by atoms with Gasteiger partial charge in [-0.05, 0) is 55.7 Å². The highest BCUT2D eigenvalue weighted by Crippen LogP contribution is 2.32. The normalized spacial score (nSPS) is 20.8. The van der Waals surface area contributed by atoms with Gasteiger partial charge in [0.05, 0.1) is 6.10 Å². The summed E-state index contributed by atoms with van der Waals surface area (Å²) in [6.07, 6.45) is 6.37. The zero-order valence-electron chi connectivity index (χ0n) is 12.7. The van der Waals surface area contributed by atoms with Crippen molar-refractivity contribution in [1.29, 1.82) is 0 Å². The molecule has 1 aliphatic carbocycles. The molecule has 1 amide bonds. The molecule has 1 aliphatic heterocycles. The first kappa shape index (κ1) is 15.6. The van der Waals surface area contributed by atoms with E-state index in [4.69, 9.17) is 11.6 Å². The van der Waals surface area contributed by atoms with Crippen molar-refractivity contribution in [2.45, 2.75) is 38.2 Å². The van der Waals surface area contributed by atoms with Gasteiger partial charge in [0.15, 0.2) is 0 Å². The standard InChI is InChI=1S/C18H22ClNO2/c19-16-7-5-13(6-8-16)17(21)14-9-11-20(12-10-14)18(22)15-3-1-2-4-15/h3,5-8,14,17,21H,1-2,4,9-12H2. The van der Waals surface area contributed by atoms with Gasteiger partial charge in [0, 0.05) is 23.7 Å². The van der Waals surface area contributed by atoms with Gasteiger partial charge in [0.1, 0.15) is 0 Å². The second-order valence-electron chi connectivity index (χ2n) is 6.25. The van der Waals surface area contributed by atoms with E-state index in [1.165, 1.54) is 0 Å². The second kappa shape index (κ2) is 6.84. The van der Waals surface area contributed by atoms with Crippen molar-refractivity contribution in [3.8, 4) is 0 Å². The third kappa shape index (κ3) is 3.36. The Bertz CT molecular complexity index is 559. The SMILES string of the molecule is O=C(C1=CCCC1)N1CCC(C(O)c2ccc(Cl)cc2)CC1. The minimum Gasteiger partial charge on any atom is -0.388 e. The molecule has 2 aliphatic rings. The summed E-state index contributed by atoms with van der Waals surface area (Å²) in [7, 11) is 0. The molecule has 0 bridgehead atoms. The highest BCUT2D eigenvalue weighted by Gasteiger charge is 2.29. The molecule has 118 valence electrons. The number of carbonyl (C=O) groups excluding carboxylic acids is 1. The summed E-state index contributed by atoms with van der Waals surface area (Å²) in [5.74, 6) is 0.416. The Morgan fingerprint density at radius 2 is 1.91 bits per heavy atom. The van der Waals surface area contributed by atoms with Crippen LogP contribution in [-0.2, 0) is 4.79 Å². The summed E-state index contributed by atoms with van der Waals surface area (Å²) in [6.45, 7) is 1.48. The van der Waals surface area contributed by atoms with Gasteiger partial charge in [0.25, 0.3) is 0 Å². The van der Waals surface area contributed by atoms with Crippen LogP contribution in [0.15, 0.2) is 35.9 Å². The molecule has 1 heterocycles. The predicted octanol–water partition coefficient (Wildman–Crippen LogP) is 3.72. The van der Waals surface area contributed by atoms with Crippen molar-refractivity contribution in [3.63, 3.8) is 0 Å². The molecule has 0 radical (unpaired) electrons. The Morgan fingerprint density at radius 1 is 1.23 bits per heavy atom. The zero-order chi connectivity index (χ0) is 15.5. The highest BCUT2D eigenvalue weighted by molar-refractivity contribution is 6.30. The predicted molar refractivity (Wildman–Crippen MR) is 87.6 cm³/mol. The first-order valence-corrected chi connectivity index (χ1v) is 8.45. The third-order valence-corrected chi connectivity index (χ3v) is 5.05. The summed E-state index contributed by atoms with van der Waals surface area (Å²) in [5, 5.41) is 11.2. The minimum atomic E-state index is -0.472. The fourth-order valence-corrected chi connectivity index (χ4v) is 3.54. The topological polar surface area (TPSA) is 40.5 Å². The van der Waals surface area contributed by atoms with Crippen LogP contribution in [0.1, 0.15) is 43.8 Å². The molecule has 3 nitrogen and oxygen atoms in total. The molecule has 1 saturated heterocycles. The molecule has 0 spiro atoms. The quantitative estimate of drug-likeness (QED) is 0.922. The summed E-state index contributed by atoms with van der Waals surface area (Å²) in [4.78, 5) is 14.3. The smallest absolute Gasteiger partial charge is 0.249 e. The summed E-state index contributed by atoms with van der Waals surface area (Å²) in [6, 6.07) is 7.39. The molecule has 0 saturated carbocycles. The summed E-state index contributed by atoms with van der Waals surface area (Å²) in [5.41, 5.74) is 1.89. The Morgan fingerprint density at radius 3 is 2.50 bits per heavy atom. The number of halogens is 1. The van der Waals surface area contributed by atoms with Gasteiger partial charge < -0.3 is 10.0 Å². The van der Waals surface area contributed by atoms with Crippen LogP contribution in [0, 0.1) is 5.92 Å². The van der Waals surface area contributed by atoms with E-state index in [0.29, 0.717) is 5.02 Å². The van der Waals surface area contributed by atoms with E-state index in [2.05, 4.69) is 6.08 Å². The number of hydrogen-bond donors (Lipinski definition) is 1. The van der Waals surface area contributed by atoms with E-state index in [1.807, 2.05) is 29.2 Å². The molecule has 1 aromatic carbocycles. The van der Waals surface area contributed by atoms with Crippen molar-refractivity contribution in [1.82, 2.24) is 4.90 Å². The number of aliphatic hydroxyl groups is 1. The van der Waals surface area contributed by atoms with Crippen LogP contribution < -0.4 is 0 Å². The fraction of sp³-hybridized carbons (Fsp3) is 0.500. The number of rotatable bonds is 3. The largest absolute Gasteiger partial charge is 0.388 e. The van der Waals surface area contributed by atoms with E-state index < -0.39 is 6.10 Å². The van der Waals surface area contributed by atoms with E-state index in [9.17, 15) is 9.90 Å². The first-order chi connectivity index (χ1) is 10.6. The molecule has 1 atom stereocenters. The number of carbonyl (C=O) groups is 1. The van der Waals surface area contributed by atoms with Gasteiger partial charge in [-0.25, -0.2) is 0 Å². The van der Waals surface area contributed by atoms with Crippen molar-refractivity contribution < 1.29 is 9.90 Å². The lowest BCUT2D eigenvalue weighted by molar-refractivity contribution is -0.129. The number of piperidine rings is 1. The van der Waals surface area contributed by atoms with Gasteiger partial charge in [-0.2, -0.15) is 0 Å². The number of amides is 1.